The second-order valence-electron chi connectivity index (χ2n) is 5.56. The van der Waals surface area contributed by atoms with E-state index in [-0.39, 0.29) is 23.9 Å². The number of amides is 2. The van der Waals surface area contributed by atoms with E-state index in [0.29, 0.717) is 6.54 Å². The van der Waals surface area contributed by atoms with Crippen LogP contribution in [0, 0.1) is 17.3 Å². The van der Waals surface area contributed by atoms with E-state index in [1.54, 1.807) is 0 Å². The zero-order chi connectivity index (χ0) is 13.1. The number of aliphatic carboxylic acids is 1. The van der Waals surface area contributed by atoms with Crippen LogP contribution in [0.25, 0.3) is 0 Å². The van der Waals surface area contributed by atoms with Crippen LogP contribution in [-0.2, 0) is 4.79 Å². The molecule has 1 aliphatic rings. The molecule has 3 N–H and O–H groups in total. The molecule has 2 amide bonds. The summed E-state index contributed by atoms with van der Waals surface area (Å²) in [6, 6.07) is -0.273. The standard InChI is InChI=1S/C12H22N2O3/c1-8(2)9(10(15)16)6-13-11(17)14-7-12(3)4-5-12/h8-9H,4-7H2,1-3H3,(H,15,16)(H2,13,14,17). The average molecular weight is 242 g/mol. The number of carbonyl (C=O) groups excluding carboxylic acids is 1. The molecule has 1 rings (SSSR count). The Bertz CT molecular complexity index is 298. The third-order valence-electron chi connectivity index (χ3n) is 3.38. The van der Waals surface area contributed by atoms with E-state index in [0.717, 1.165) is 12.8 Å². The van der Waals surface area contributed by atoms with Gasteiger partial charge in [0.25, 0.3) is 0 Å². The zero-order valence-electron chi connectivity index (χ0n) is 10.7. The fraction of sp³-hybridized carbons (Fsp3) is 0.833. The van der Waals surface area contributed by atoms with Crippen molar-refractivity contribution in [2.24, 2.45) is 17.3 Å². The molecule has 1 fully saturated rings. The van der Waals surface area contributed by atoms with Gasteiger partial charge in [0.15, 0.2) is 0 Å². The minimum atomic E-state index is -0.866. The van der Waals surface area contributed by atoms with Gasteiger partial charge in [-0.05, 0) is 24.2 Å². The van der Waals surface area contributed by atoms with Crippen molar-refractivity contribution in [3.63, 3.8) is 0 Å². The molecule has 1 unspecified atom stereocenters. The minimum absolute atomic E-state index is 0.00810. The van der Waals surface area contributed by atoms with E-state index >= 15 is 0 Å². The van der Waals surface area contributed by atoms with Crippen LogP contribution in [0.3, 0.4) is 0 Å². The van der Waals surface area contributed by atoms with Crippen molar-refractivity contribution in [1.29, 1.82) is 0 Å². The highest BCUT2D eigenvalue weighted by Crippen LogP contribution is 2.43. The SMILES string of the molecule is CC(C)C(CNC(=O)NCC1(C)CC1)C(=O)O. The third-order valence-corrected chi connectivity index (χ3v) is 3.38. The summed E-state index contributed by atoms with van der Waals surface area (Å²) in [6.45, 7) is 6.64. The van der Waals surface area contributed by atoms with Crippen LogP contribution in [-0.4, -0.2) is 30.2 Å². The second-order valence-corrected chi connectivity index (χ2v) is 5.56. The number of nitrogens with one attached hydrogen (secondary N) is 2. The van der Waals surface area contributed by atoms with Crippen molar-refractivity contribution >= 4 is 12.0 Å². The average Bonchev–Trinajstić information content (AvgIpc) is 2.93. The number of carboxylic acids is 1. The van der Waals surface area contributed by atoms with Gasteiger partial charge in [-0.25, -0.2) is 4.79 Å². The van der Waals surface area contributed by atoms with Crippen LogP contribution in [0.1, 0.15) is 33.6 Å². The highest BCUT2D eigenvalue weighted by atomic mass is 16.4. The number of urea groups is 1. The second kappa shape index (κ2) is 5.38. The van der Waals surface area contributed by atoms with E-state index in [1.165, 1.54) is 0 Å². The first-order chi connectivity index (χ1) is 7.84. The Morgan fingerprint density at radius 1 is 1.29 bits per heavy atom. The Hall–Kier alpha value is -1.26. The molecule has 1 atom stereocenters. The Balaban J connectivity index is 2.23. The number of hydrogen-bond acceptors (Lipinski definition) is 2. The molecule has 0 spiro atoms. The monoisotopic (exact) mass is 242 g/mol. The molecule has 0 saturated heterocycles. The quantitative estimate of drug-likeness (QED) is 0.659. The van der Waals surface area contributed by atoms with E-state index in [2.05, 4.69) is 17.6 Å². The van der Waals surface area contributed by atoms with Gasteiger partial charge in [0, 0.05) is 13.1 Å². The third kappa shape index (κ3) is 4.63. The fourth-order valence-electron chi connectivity index (χ4n) is 1.56. The minimum Gasteiger partial charge on any atom is -0.481 e. The van der Waals surface area contributed by atoms with Gasteiger partial charge in [-0.3, -0.25) is 4.79 Å². The van der Waals surface area contributed by atoms with Crippen LogP contribution in [0.15, 0.2) is 0 Å². The molecule has 0 aromatic heterocycles. The van der Waals surface area contributed by atoms with Gasteiger partial charge < -0.3 is 15.7 Å². The summed E-state index contributed by atoms with van der Waals surface area (Å²) in [4.78, 5) is 22.4. The smallest absolute Gasteiger partial charge is 0.314 e. The number of rotatable bonds is 6. The number of hydrogen-bond donors (Lipinski definition) is 3. The van der Waals surface area contributed by atoms with Crippen molar-refractivity contribution in [3.8, 4) is 0 Å². The summed E-state index contributed by atoms with van der Waals surface area (Å²) in [5, 5.41) is 14.3. The lowest BCUT2D eigenvalue weighted by Gasteiger charge is -2.17. The van der Waals surface area contributed by atoms with E-state index in [9.17, 15) is 9.59 Å². The van der Waals surface area contributed by atoms with Crippen molar-refractivity contribution in [2.75, 3.05) is 13.1 Å². The molecule has 5 nitrogen and oxygen atoms in total. The van der Waals surface area contributed by atoms with E-state index in [4.69, 9.17) is 5.11 Å². The number of carboxylic acid groups (broad SMARTS) is 1. The molecule has 0 aliphatic heterocycles. The molecule has 1 aliphatic carbocycles. The molecule has 0 bridgehead atoms. The maximum atomic E-state index is 11.5. The predicted octanol–water partition coefficient (Wildman–Crippen LogP) is 1.44. The molecular weight excluding hydrogens is 220 g/mol. The molecule has 5 heteroatoms. The fourth-order valence-corrected chi connectivity index (χ4v) is 1.56. The Morgan fingerprint density at radius 3 is 2.29 bits per heavy atom. The molecule has 1 saturated carbocycles. The first-order valence-electron chi connectivity index (χ1n) is 6.08. The summed E-state index contributed by atoms with van der Waals surface area (Å²) in [5.74, 6) is -1.39. The molecule has 0 aromatic carbocycles. The van der Waals surface area contributed by atoms with Gasteiger partial charge >= 0.3 is 12.0 Å². The maximum absolute atomic E-state index is 11.5. The molecule has 98 valence electrons. The zero-order valence-corrected chi connectivity index (χ0v) is 10.7. The molecule has 0 heterocycles. The Morgan fingerprint density at radius 2 is 1.88 bits per heavy atom. The van der Waals surface area contributed by atoms with Crippen LogP contribution in [0.5, 0.6) is 0 Å². The number of carbonyl (C=O) groups is 2. The van der Waals surface area contributed by atoms with Crippen LogP contribution in [0.2, 0.25) is 0 Å². The summed E-state index contributed by atoms with van der Waals surface area (Å²) < 4.78 is 0. The molecule has 0 aromatic rings. The highest BCUT2D eigenvalue weighted by molar-refractivity contribution is 5.76. The lowest BCUT2D eigenvalue weighted by Crippen LogP contribution is -2.42. The molecule has 0 radical (unpaired) electrons. The van der Waals surface area contributed by atoms with Gasteiger partial charge in [0.2, 0.25) is 0 Å². The van der Waals surface area contributed by atoms with Gasteiger partial charge in [0.1, 0.15) is 0 Å². The normalized spacial score (nSPS) is 18.6. The summed E-state index contributed by atoms with van der Waals surface area (Å²) >= 11 is 0. The summed E-state index contributed by atoms with van der Waals surface area (Å²) in [7, 11) is 0. The Kier molecular flexibility index (Phi) is 4.37. The molecule has 17 heavy (non-hydrogen) atoms. The first kappa shape index (κ1) is 13.8. The lowest BCUT2D eigenvalue weighted by atomic mass is 9.96. The van der Waals surface area contributed by atoms with Gasteiger partial charge in [0.05, 0.1) is 5.92 Å². The van der Waals surface area contributed by atoms with Crippen molar-refractivity contribution < 1.29 is 14.7 Å². The Labute approximate surface area is 102 Å². The predicted molar refractivity (Wildman–Crippen MR) is 64.7 cm³/mol. The summed E-state index contributed by atoms with van der Waals surface area (Å²) in [5.41, 5.74) is 0.265. The van der Waals surface area contributed by atoms with Crippen molar-refractivity contribution in [2.45, 2.75) is 33.6 Å². The van der Waals surface area contributed by atoms with E-state index in [1.807, 2.05) is 13.8 Å². The van der Waals surface area contributed by atoms with Crippen LogP contribution < -0.4 is 10.6 Å². The largest absolute Gasteiger partial charge is 0.481 e. The van der Waals surface area contributed by atoms with Crippen molar-refractivity contribution in [1.82, 2.24) is 10.6 Å². The highest BCUT2D eigenvalue weighted by Gasteiger charge is 2.37. The van der Waals surface area contributed by atoms with Crippen molar-refractivity contribution in [3.05, 3.63) is 0 Å². The van der Waals surface area contributed by atoms with Gasteiger partial charge in [-0.2, -0.15) is 0 Å². The first-order valence-corrected chi connectivity index (χ1v) is 6.08. The molecular formula is C12H22N2O3. The van der Waals surface area contributed by atoms with Gasteiger partial charge in [-0.1, -0.05) is 20.8 Å². The maximum Gasteiger partial charge on any atom is 0.314 e. The van der Waals surface area contributed by atoms with Crippen LogP contribution >= 0.6 is 0 Å². The van der Waals surface area contributed by atoms with E-state index < -0.39 is 11.9 Å². The lowest BCUT2D eigenvalue weighted by molar-refractivity contribution is -0.142. The van der Waals surface area contributed by atoms with Gasteiger partial charge in [-0.15, -0.1) is 0 Å². The van der Waals surface area contributed by atoms with Crippen LogP contribution in [0.4, 0.5) is 4.79 Å². The summed E-state index contributed by atoms with van der Waals surface area (Å²) in [6.07, 6.45) is 2.30. The topological polar surface area (TPSA) is 78.4 Å².